The molecule has 2 aromatic heterocycles. The summed E-state index contributed by atoms with van der Waals surface area (Å²) in [5, 5.41) is 1.53. The first-order chi connectivity index (χ1) is 21.3. The van der Waals surface area contributed by atoms with Crippen molar-refractivity contribution in [1.29, 1.82) is 0 Å². The molecule has 2 aromatic carbocycles. The number of benzene rings is 2. The molecule has 4 aromatic rings. The van der Waals surface area contributed by atoms with Gasteiger partial charge in [0.25, 0.3) is 11.2 Å². The van der Waals surface area contributed by atoms with Crippen LogP contribution in [0.1, 0.15) is 39.6 Å². The average Bonchev–Trinajstić information content (AvgIpc) is 3.64. The SMILES string of the molecule is COC(=O)[C@H](C)CC(=O)c1cc2cc(Br)c(OC)cc2s1.COc1cc2sc(C(=O)Cl)cc2cc1Br.[CH2-][C@@H](C)C(=O)OC.[Zn+][Br]. The van der Waals surface area contributed by atoms with Crippen LogP contribution in [0.4, 0.5) is 0 Å². The molecule has 45 heavy (non-hydrogen) atoms. The van der Waals surface area contributed by atoms with Gasteiger partial charge in [-0.3, -0.25) is 19.2 Å². The predicted octanol–water partition coefficient (Wildman–Crippen LogP) is 9.58. The summed E-state index contributed by atoms with van der Waals surface area (Å²) in [5.41, 5.74) is 0. The number of rotatable bonds is 8. The second-order valence-corrected chi connectivity index (χ2v) is 13.2. The number of halogens is 4. The molecule has 0 fully saturated rings. The minimum absolute atomic E-state index is 0.0517. The van der Waals surface area contributed by atoms with Gasteiger partial charge in [-0.25, -0.2) is 0 Å². The Bertz CT molecular complexity index is 1620. The summed E-state index contributed by atoms with van der Waals surface area (Å²) >= 11 is 19.2. The van der Waals surface area contributed by atoms with Crippen LogP contribution in [0, 0.1) is 18.8 Å². The van der Waals surface area contributed by atoms with Crippen LogP contribution >= 0.6 is 79.8 Å². The molecule has 4 rings (SSSR count). The van der Waals surface area contributed by atoms with Crippen LogP contribution in [-0.4, -0.2) is 51.4 Å². The summed E-state index contributed by atoms with van der Waals surface area (Å²) in [5.74, 6) is 0.112. The first-order valence-corrected chi connectivity index (χ1v) is 23.3. The van der Waals surface area contributed by atoms with E-state index >= 15 is 0 Å². The van der Waals surface area contributed by atoms with Crippen molar-refractivity contribution in [1.82, 2.24) is 0 Å². The Balaban J connectivity index is 0.000000367. The first-order valence-electron chi connectivity index (χ1n) is 12.8. The summed E-state index contributed by atoms with van der Waals surface area (Å²) in [6.45, 7) is 6.81. The van der Waals surface area contributed by atoms with Crippen molar-refractivity contribution in [3.63, 3.8) is 0 Å². The number of carbonyl (C=O) groups is 4. The van der Waals surface area contributed by atoms with E-state index in [1.54, 1.807) is 34.1 Å². The molecule has 0 amide bonds. The summed E-state index contributed by atoms with van der Waals surface area (Å²) in [6.07, 6.45) is 0.151. The van der Waals surface area contributed by atoms with Crippen LogP contribution in [0.5, 0.6) is 11.5 Å². The molecule has 0 aliphatic heterocycles. The molecule has 8 nitrogen and oxygen atoms in total. The number of thiophene rings is 2. The zero-order chi connectivity index (χ0) is 34.4. The summed E-state index contributed by atoms with van der Waals surface area (Å²) in [7, 11) is 5.88. The van der Waals surface area contributed by atoms with Crippen molar-refractivity contribution < 1.29 is 54.5 Å². The third kappa shape index (κ3) is 12.6. The quantitative estimate of drug-likeness (QED) is 0.0566. The Morgan fingerprint density at radius 3 is 1.56 bits per heavy atom. The van der Waals surface area contributed by atoms with E-state index in [4.69, 9.17) is 21.1 Å². The van der Waals surface area contributed by atoms with Crippen LogP contribution < -0.4 is 9.47 Å². The van der Waals surface area contributed by atoms with E-state index in [1.165, 1.54) is 53.2 Å². The van der Waals surface area contributed by atoms with Crippen molar-refractivity contribution in [2.45, 2.75) is 20.3 Å². The van der Waals surface area contributed by atoms with E-state index in [1.807, 2.05) is 30.3 Å². The molecule has 15 heteroatoms. The molecule has 0 aliphatic carbocycles. The Kier molecular flexibility index (Phi) is 19.2. The topological polar surface area (TPSA) is 105 Å². The summed E-state index contributed by atoms with van der Waals surface area (Å²) in [6, 6.07) is 11.2. The Morgan fingerprint density at radius 2 is 1.20 bits per heavy atom. The van der Waals surface area contributed by atoms with Gasteiger partial charge in [-0.2, -0.15) is 0 Å². The van der Waals surface area contributed by atoms with Gasteiger partial charge in [-0.15, -0.1) is 22.7 Å². The number of carbonyl (C=O) groups excluding carboxylic acids is 4. The zero-order valence-corrected chi connectivity index (χ0v) is 35.4. The van der Waals surface area contributed by atoms with E-state index in [9.17, 15) is 19.2 Å². The third-order valence-corrected chi connectivity index (χ3v) is 9.54. The predicted molar refractivity (Wildman–Crippen MR) is 188 cm³/mol. The van der Waals surface area contributed by atoms with Gasteiger partial charge in [-0.05, 0) is 90.6 Å². The number of esters is 2. The van der Waals surface area contributed by atoms with E-state index in [-0.39, 0.29) is 30.1 Å². The fraction of sp³-hybridized carbons (Fsp3) is 0.300. The Hall–Kier alpha value is -1.41. The Labute approximate surface area is 308 Å². The fourth-order valence-electron chi connectivity index (χ4n) is 3.49. The number of hydrogen-bond donors (Lipinski definition) is 0. The van der Waals surface area contributed by atoms with Crippen molar-refractivity contribution in [3.8, 4) is 11.5 Å². The maximum absolute atomic E-state index is 12.2. The van der Waals surface area contributed by atoms with Crippen LogP contribution in [0.15, 0.2) is 45.3 Å². The zero-order valence-electron chi connectivity index (χ0n) is 25.3. The molecule has 0 spiro atoms. The third-order valence-electron chi connectivity index (χ3n) is 5.75. The standard InChI is InChI=1S/C15H15BrO4S.C10H6BrClO2S.C5H9O2.BrH.Zn/c1-8(15(18)20-3)4-11(17)14-6-9-5-10(16)12(19-2)7-13(9)21-14;1-14-7-4-8-5(2-6(7)11)3-9(15-8)10(12)13;1-4(2)5(6)7-3;;/h5-8H,4H2,1-3H3;2-4H,1H3;4H,1H2,2-3H3;1H;/q;;-1;;+2/p-1/t8-;;4-;;/m1.0../s1. The number of hydrogen-bond acceptors (Lipinski definition) is 10. The van der Waals surface area contributed by atoms with Crippen LogP contribution in [0.3, 0.4) is 0 Å². The molecule has 0 bridgehead atoms. The number of fused-ring (bicyclic) bond motifs is 2. The normalized spacial score (nSPS) is 11.4. The second-order valence-electron chi connectivity index (χ2n) is 9.02. The summed E-state index contributed by atoms with van der Waals surface area (Å²) < 4.78 is 23.0. The van der Waals surface area contributed by atoms with Crippen LogP contribution in [-0.2, 0) is 35.4 Å². The first kappa shape index (κ1) is 41.6. The van der Waals surface area contributed by atoms with Gasteiger partial charge < -0.3 is 25.9 Å². The molecule has 0 N–H and O–H groups in total. The van der Waals surface area contributed by atoms with E-state index in [0.29, 0.717) is 9.75 Å². The molecular weight excluding hydrogens is 893 g/mol. The molecule has 0 radical (unpaired) electrons. The molecule has 240 valence electrons. The number of Topliss-reactive ketones (excluding diaryl/α,β-unsaturated/α-hetero) is 1. The molecule has 2 atom stereocenters. The van der Waals surface area contributed by atoms with Gasteiger partial charge in [0.2, 0.25) is 0 Å². The Morgan fingerprint density at radius 1 is 0.778 bits per heavy atom. The van der Waals surface area contributed by atoms with Gasteiger partial charge in [0, 0.05) is 15.8 Å². The van der Waals surface area contributed by atoms with Crippen molar-refractivity contribution >= 4 is 123 Å². The van der Waals surface area contributed by atoms with Crippen molar-refractivity contribution in [2.24, 2.45) is 11.8 Å². The fourth-order valence-corrected chi connectivity index (χ4v) is 6.64. The van der Waals surface area contributed by atoms with Crippen molar-refractivity contribution in [2.75, 3.05) is 28.4 Å². The van der Waals surface area contributed by atoms with E-state index < -0.39 is 11.2 Å². The van der Waals surface area contributed by atoms with Gasteiger partial charge in [-0.1, -0.05) is 19.8 Å². The number of methoxy groups -OCH3 is 4. The van der Waals surface area contributed by atoms with Gasteiger partial charge in [0.1, 0.15) is 11.5 Å². The second kappa shape index (κ2) is 20.7. The van der Waals surface area contributed by atoms with Gasteiger partial charge in [0.05, 0.1) is 53.1 Å². The van der Waals surface area contributed by atoms with Gasteiger partial charge >= 0.3 is 35.9 Å². The van der Waals surface area contributed by atoms with E-state index in [0.717, 1.165) is 40.6 Å². The molecule has 0 aliphatic rings. The van der Waals surface area contributed by atoms with E-state index in [2.05, 4.69) is 61.9 Å². The number of ketones is 1. The van der Waals surface area contributed by atoms with Crippen molar-refractivity contribution in [3.05, 3.63) is 62.0 Å². The molecule has 0 unspecified atom stereocenters. The summed E-state index contributed by atoms with van der Waals surface area (Å²) in [4.78, 5) is 46.0. The minimum atomic E-state index is -0.436. The van der Waals surface area contributed by atoms with Crippen LogP contribution in [0.25, 0.3) is 20.2 Å². The number of ether oxygens (including phenoxy) is 4. The molecular formula is C30H30Br3ClO8S2Zn. The molecule has 0 saturated heterocycles. The average molecular weight is 923 g/mol. The van der Waals surface area contributed by atoms with Gasteiger partial charge in [0.15, 0.2) is 5.78 Å². The monoisotopic (exact) mass is 918 g/mol. The molecule has 0 saturated carbocycles. The maximum atomic E-state index is 12.2. The molecule has 2 heterocycles. The van der Waals surface area contributed by atoms with Crippen LogP contribution in [0.2, 0.25) is 0 Å².